The number of methoxy groups -OCH3 is 1. The predicted molar refractivity (Wildman–Crippen MR) is 116 cm³/mol. The van der Waals surface area contributed by atoms with Gasteiger partial charge in [-0.25, -0.2) is 9.59 Å². The first-order valence-electron chi connectivity index (χ1n) is 9.91. The number of carbonyl (C=O) groups is 4. The molecule has 31 heavy (non-hydrogen) atoms. The fourth-order valence-corrected chi connectivity index (χ4v) is 3.40. The van der Waals surface area contributed by atoms with E-state index in [4.69, 9.17) is 14.2 Å². The van der Waals surface area contributed by atoms with Crippen molar-refractivity contribution in [2.24, 2.45) is 0 Å². The van der Waals surface area contributed by atoms with Crippen LogP contribution in [0.2, 0.25) is 0 Å². The second kappa shape index (κ2) is 12.1. The minimum Gasteiger partial charge on any atom is -0.467 e. The number of ether oxygens (including phenoxy) is 3. The molecule has 1 aromatic rings. The molecule has 0 spiro atoms. The Kier molecular flexibility index (Phi) is 10.3. The summed E-state index contributed by atoms with van der Waals surface area (Å²) in [7, 11) is 1.24. The molecule has 0 bridgehead atoms. The van der Waals surface area contributed by atoms with E-state index in [1.165, 1.54) is 51.0 Å². The first kappa shape index (κ1) is 26.2. The topological polar surface area (TPSA) is 111 Å². The van der Waals surface area contributed by atoms with Crippen molar-refractivity contribution >= 4 is 42.0 Å². The first-order valence-corrected chi connectivity index (χ1v) is 9.91. The molecule has 1 aliphatic carbocycles. The van der Waals surface area contributed by atoms with E-state index in [0.717, 1.165) is 32.1 Å². The third kappa shape index (κ3) is 7.43. The average Bonchev–Trinajstić information content (AvgIpc) is 2.69. The fourth-order valence-electron chi connectivity index (χ4n) is 3.40. The zero-order chi connectivity index (χ0) is 22.3. The molecule has 172 valence electrons. The predicted octanol–water partition coefficient (Wildman–Crippen LogP) is 3.37. The summed E-state index contributed by atoms with van der Waals surface area (Å²) in [5, 5.41) is 2.97. The van der Waals surface area contributed by atoms with Gasteiger partial charge in [-0.3, -0.25) is 14.5 Å². The minimum absolute atomic E-state index is 0. The van der Waals surface area contributed by atoms with Gasteiger partial charge in [0.15, 0.2) is 11.5 Å². The molecule has 1 fully saturated rings. The van der Waals surface area contributed by atoms with Crippen molar-refractivity contribution in [2.75, 3.05) is 12.0 Å². The van der Waals surface area contributed by atoms with E-state index in [0.29, 0.717) is 0 Å². The lowest BCUT2D eigenvalue weighted by Crippen LogP contribution is -2.51. The van der Waals surface area contributed by atoms with Crippen LogP contribution < -0.4 is 19.7 Å². The number of carbonyl (C=O) groups excluding carboxylic acids is 4. The highest BCUT2D eigenvalue weighted by Crippen LogP contribution is 2.33. The van der Waals surface area contributed by atoms with E-state index in [-0.39, 0.29) is 35.6 Å². The Hall–Kier alpha value is -2.81. The summed E-state index contributed by atoms with van der Waals surface area (Å²) >= 11 is 0. The van der Waals surface area contributed by atoms with Gasteiger partial charge in [-0.15, -0.1) is 12.4 Å². The van der Waals surface area contributed by atoms with Gasteiger partial charge in [0.25, 0.3) is 0 Å². The maximum absolute atomic E-state index is 13.1. The summed E-state index contributed by atoms with van der Waals surface area (Å²) < 4.78 is 15.0. The van der Waals surface area contributed by atoms with Crippen molar-refractivity contribution in [3.8, 4) is 11.5 Å². The highest BCUT2D eigenvalue weighted by molar-refractivity contribution is 5.99. The molecule has 0 saturated heterocycles. The summed E-state index contributed by atoms with van der Waals surface area (Å²) in [4.78, 5) is 49.3. The Labute approximate surface area is 187 Å². The molecule has 1 unspecified atom stereocenters. The molecule has 2 amide bonds. The zero-order valence-electron chi connectivity index (χ0n) is 18.1. The molecule has 0 heterocycles. The van der Waals surface area contributed by atoms with Crippen LogP contribution in [0.15, 0.2) is 18.2 Å². The van der Waals surface area contributed by atoms with Gasteiger partial charge < -0.3 is 19.5 Å². The number of hydrogen-bond acceptors (Lipinski definition) is 7. The molecule has 1 aliphatic rings. The lowest BCUT2D eigenvalue weighted by molar-refractivity contribution is -0.141. The monoisotopic (exact) mass is 456 g/mol. The Morgan fingerprint density at radius 2 is 1.58 bits per heavy atom. The highest BCUT2D eigenvalue weighted by Gasteiger charge is 2.31. The lowest BCUT2D eigenvalue weighted by atomic mass is 9.96. The van der Waals surface area contributed by atoms with Crippen LogP contribution in [-0.2, 0) is 19.1 Å². The van der Waals surface area contributed by atoms with Crippen molar-refractivity contribution in [1.82, 2.24) is 5.32 Å². The van der Waals surface area contributed by atoms with E-state index in [1.54, 1.807) is 0 Å². The lowest BCUT2D eigenvalue weighted by Gasteiger charge is -2.31. The number of urea groups is 1. The Balaban J connectivity index is 0.00000480. The number of nitrogens with zero attached hydrogens (tertiary/aromatic N) is 1. The number of nitrogens with one attached hydrogen (secondary N) is 1. The molecule has 0 aromatic heterocycles. The molecule has 2 rings (SSSR count). The van der Waals surface area contributed by atoms with Gasteiger partial charge in [-0.2, -0.15) is 0 Å². The van der Waals surface area contributed by atoms with Crippen LogP contribution >= 0.6 is 12.4 Å². The SMILES string of the molecule is COC(=O)C(C)N(C(=O)NC1CCCCC1)c1ccc(OC(C)=O)c(OC(C)=O)c1.Cl. The van der Waals surface area contributed by atoms with Gasteiger partial charge in [-0.05, 0) is 31.9 Å². The largest absolute Gasteiger partial charge is 0.467 e. The van der Waals surface area contributed by atoms with Gasteiger partial charge in [0.1, 0.15) is 6.04 Å². The van der Waals surface area contributed by atoms with Crippen LogP contribution in [0.4, 0.5) is 10.5 Å². The molecular formula is C21H29ClN2O7. The molecule has 0 aliphatic heterocycles. The van der Waals surface area contributed by atoms with Gasteiger partial charge in [0, 0.05) is 26.0 Å². The maximum atomic E-state index is 13.1. The fraction of sp³-hybridized carbons (Fsp3) is 0.524. The zero-order valence-corrected chi connectivity index (χ0v) is 19.0. The number of halogens is 1. The van der Waals surface area contributed by atoms with Crippen molar-refractivity contribution in [3.63, 3.8) is 0 Å². The Morgan fingerprint density at radius 3 is 2.13 bits per heavy atom. The van der Waals surface area contributed by atoms with Crippen LogP contribution in [-0.4, -0.2) is 43.1 Å². The number of hydrogen-bond donors (Lipinski definition) is 1. The number of anilines is 1. The average molecular weight is 457 g/mol. The Bertz CT molecular complexity index is 809. The van der Waals surface area contributed by atoms with Crippen LogP contribution in [0.5, 0.6) is 11.5 Å². The van der Waals surface area contributed by atoms with E-state index >= 15 is 0 Å². The van der Waals surface area contributed by atoms with Crippen molar-refractivity contribution < 1.29 is 33.4 Å². The van der Waals surface area contributed by atoms with Gasteiger partial charge in [0.2, 0.25) is 0 Å². The highest BCUT2D eigenvalue weighted by atomic mass is 35.5. The standard InChI is InChI=1S/C21H28N2O7.ClH/c1-13(20(26)28-4)23(21(27)22-16-8-6-5-7-9-16)17-10-11-18(29-14(2)24)19(12-17)30-15(3)25;/h10-13,16H,5-9H2,1-4H3,(H,22,27);1H. The van der Waals surface area contributed by atoms with Gasteiger partial charge >= 0.3 is 23.9 Å². The third-order valence-corrected chi connectivity index (χ3v) is 4.79. The first-order chi connectivity index (χ1) is 14.2. The molecule has 0 radical (unpaired) electrons. The van der Waals surface area contributed by atoms with Crippen molar-refractivity contribution in [2.45, 2.75) is 65.0 Å². The molecule has 1 aromatic carbocycles. The molecule has 1 atom stereocenters. The van der Waals surface area contributed by atoms with Crippen molar-refractivity contribution in [3.05, 3.63) is 18.2 Å². The number of esters is 3. The molecule has 10 heteroatoms. The van der Waals surface area contributed by atoms with Crippen LogP contribution in [0.25, 0.3) is 0 Å². The second-order valence-corrected chi connectivity index (χ2v) is 7.17. The maximum Gasteiger partial charge on any atom is 0.328 e. The minimum atomic E-state index is -0.941. The number of rotatable bonds is 6. The summed E-state index contributed by atoms with van der Waals surface area (Å²) in [5.74, 6) is -1.83. The smallest absolute Gasteiger partial charge is 0.328 e. The van der Waals surface area contributed by atoms with Gasteiger partial charge in [0.05, 0.1) is 12.8 Å². The second-order valence-electron chi connectivity index (χ2n) is 7.17. The Morgan fingerprint density at radius 1 is 1.00 bits per heavy atom. The molecule has 9 nitrogen and oxygen atoms in total. The van der Waals surface area contributed by atoms with E-state index in [9.17, 15) is 19.2 Å². The normalized spacial score (nSPS) is 14.5. The van der Waals surface area contributed by atoms with Crippen LogP contribution in [0, 0.1) is 0 Å². The molecular weight excluding hydrogens is 428 g/mol. The van der Waals surface area contributed by atoms with E-state index in [2.05, 4.69) is 5.32 Å². The summed E-state index contributed by atoms with van der Waals surface area (Å²) in [6, 6.07) is 2.90. The quantitative estimate of drug-likeness (QED) is 0.516. The molecule has 1 N–H and O–H groups in total. The van der Waals surface area contributed by atoms with E-state index in [1.807, 2.05) is 0 Å². The van der Waals surface area contributed by atoms with Crippen molar-refractivity contribution in [1.29, 1.82) is 0 Å². The summed E-state index contributed by atoms with van der Waals surface area (Å²) in [6.45, 7) is 3.96. The molecule has 1 saturated carbocycles. The summed E-state index contributed by atoms with van der Waals surface area (Å²) in [5.41, 5.74) is 0.286. The van der Waals surface area contributed by atoms with Crippen LogP contribution in [0.3, 0.4) is 0 Å². The summed E-state index contributed by atoms with van der Waals surface area (Å²) in [6.07, 6.45) is 4.95. The van der Waals surface area contributed by atoms with E-state index < -0.39 is 30.0 Å². The number of amides is 2. The van der Waals surface area contributed by atoms with Gasteiger partial charge in [-0.1, -0.05) is 19.3 Å². The third-order valence-electron chi connectivity index (χ3n) is 4.79. The number of benzene rings is 1. The van der Waals surface area contributed by atoms with Crippen LogP contribution in [0.1, 0.15) is 52.9 Å².